The third kappa shape index (κ3) is 7.98. The van der Waals surface area contributed by atoms with Crippen molar-refractivity contribution in [2.24, 2.45) is 21.7 Å². The molecule has 0 saturated carbocycles. The second kappa shape index (κ2) is 12.9. The lowest BCUT2D eigenvalue weighted by Crippen LogP contribution is -2.35. The van der Waals surface area contributed by atoms with Crippen LogP contribution in [0.25, 0.3) is 0 Å². The number of benzene rings is 1. The van der Waals surface area contributed by atoms with Crippen molar-refractivity contribution >= 4 is 35.1 Å². The summed E-state index contributed by atoms with van der Waals surface area (Å²) in [6.07, 6.45) is 0.962. The number of unbranched alkanes of at least 4 members (excludes halogenated alkanes) is 1. The highest BCUT2D eigenvalue weighted by atomic mass is 16.7. The van der Waals surface area contributed by atoms with Crippen LogP contribution in [0.1, 0.15) is 30.8 Å². The molecule has 14 heteroatoms. The minimum atomic E-state index is -1.06. The first-order valence-electron chi connectivity index (χ1n) is 11.2. The smallest absolute Gasteiger partial charge is 0.426 e. The lowest BCUT2D eigenvalue weighted by Gasteiger charge is -2.12. The van der Waals surface area contributed by atoms with Crippen LogP contribution < -0.4 is 33.1 Å². The third-order valence-electron chi connectivity index (χ3n) is 4.94. The Labute approximate surface area is 210 Å². The molecule has 1 amide bonds. The number of anilines is 2. The number of carbonyl (C=O) groups excluding carboxylic acids is 2. The van der Waals surface area contributed by atoms with Gasteiger partial charge in [-0.25, -0.2) is 14.6 Å². The molecule has 3 aromatic rings. The van der Waals surface area contributed by atoms with Crippen molar-refractivity contribution in [1.29, 1.82) is 0 Å². The van der Waals surface area contributed by atoms with Gasteiger partial charge in [0.15, 0.2) is 29.7 Å². The summed E-state index contributed by atoms with van der Waals surface area (Å²) in [5.74, 6) is -0.762. The summed E-state index contributed by atoms with van der Waals surface area (Å²) in [6, 6.07) is 8.64. The Morgan fingerprint density at radius 2 is 1.86 bits per heavy atom. The summed E-state index contributed by atoms with van der Waals surface area (Å²) in [4.78, 5) is 39.5. The summed E-state index contributed by atoms with van der Waals surface area (Å²) >= 11 is 0. The zero-order valence-corrected chi connectivity index (χ0v) is 20.0. The van der Waals surface area contributed by atoms with E-state index in [1.54, 1.807) is 18.2 Å². The van der Waals surface area contributed by atoms with Gasteiger partial charge in [-0.3, -0.25) is 4.79 Å². The van der Waals surface area contributed by atoms with Gasteiger partial charge in [0.05, 0.1) is 6.04 Å². The lowest BCUT2D eigenvalue weighted by molar-refractivity contribution is -0.117. The highest BCUT2D eigenvalue weighted by molar-refractivity contribution is 5.94. The number of pyridine rings is 1. The van der Waals surface area contributed by atoms with Gasteiger partial charge in [-0.1, -0.05) is 18.6 Å². The third-order valence-corrected chi connectivity index (χ3v) is 4.94. The van der Waals surface area contributed by atoms with Gasteiger partial charge >= 0.3 is 12.0 Å². The predicted octanol–water partition coefficient (Wildman–Crippen LogP) is 3.04. The number of nitrogens with zero attached hydrogens (tertiary/aromatic N) is 3. The van der Waals surface area contributed by atoms with E-state index in [-0.39, 0.29) is 52.8 Å². The van der Waals surface area contributed by atoms with Crippen LogP contribution >= 0.6 is 0 Å². The summed E-state index contributed by atoms with van der Waals surface area (Å²) < 4.78 is 19.6. The number of hydrogen-bond acceptors (Lipinski definition) is 13. The molecule has 0 fully saturated rings. The monoisotopic (exact) mass is 513 g/mol. The molecule has 0 unspecified atom stereocenters. The molecule has 196 valence electrons. The Bertz CT molecular complexity index is 1320. The number of azo groups is 1. The maximum atomic E-state index is 12.2. The first-order valence-corrected chi connectivity index (χ1v) is 11.2. The molecule has 1 aromatic carbocycles. The van der Waals surface area contributed by atoms with Crippen LogP contribution in [-0.4, -0.2) is 29.6 Å². The molecule has 0 aliphatic rings. The molecule has 2 heterocycles. The summed E-state index contributed by atoms with van der Waals surface area (Å²) in [6.45, 7) is 1.67. The fraction of sp³-hybridized carbons (Fsp3) is 0.304. The van der Waals surface area contributed by atoms with Crippen molar-refractivity contribution in [2.45, 2.75) is 38.8 Å². The summed E-state index contributed by atoms with van der Waals surface area (Å²) in [5.41, 5.74) is 17.7. The van der Waals surface area contributed by atoms with Gasteiger partial charge in [0.1, 0.15) is 17.2 Å². The van der Waals surface area contributed by atoms with Crippen LogP contribution in [0.15, 0.2) is 60.3 Å². The number of rotatable bonds is 11. The maximum Gasteiger partial charge on any atom is 0.519 e. The Hall–Kier alpha value is -4.56. The van der Waals surface area contributed by atoms with Crippen LogP contribution in [0.4, 0.5) is 27.8 Å². The number of nitrogen functional groups attached to an aromatic ring is 1. The van der Waals surface area contributed by atoms with Crippen molar-refractivity contribution in [2.75, 3.05) is 17.6 Å². The molecular formula is C23H27N7O7. The van der Waals surface area contributed by atoms with E-state index in [1.807, 2.05) is 0 Å². The van der Waals surface area contributed by atoms with E-state index >= 15 is 0 Å². The molecule has 37 heavy (non-hydrogen) atoms. The fourth-order valence-electron chi connectivity index (χ4n) is 2.96. The first kappa shape index (κ1) is 27.0. The molecule has 3 rings (SSSR count). The number of para-hydroxylation sites is 1. The highest BCUT2D eigenvalue weighted by Gasteiger charge is 2.16. The van der Waals surface area contributed by atoms with Gasteiger partial charge in [-0.15, -0.1) is 10.2 Å². The Morgan fingerprint density at radius 1 is 1.11 bits per heavy atom. The Balaban J connectivity index is 1.61. The van der Waals surface area contributed by atoms with Crippen LogP contribution in [0.5, 0.6) is 5.75 Å². The van der Waals surface area contributed by atoms with Crippen LogP contribution in [0.2, 0.25) is 0 Å². The molecular weight excluding hydrogens is 486 g/mol. The largest absolute Gasteiger partial charge is 0.519 e. The molecule has 0 spiro atoms. The lowest BCUT2D eigenvalue weighted by atomic mass is 10.1. The molecule has 0 saturated heterocycles. The van der Waals surface area contributed by atoms with E-state index in [0.29, 0.717) is 13.0 Å². The summed E-state index contributed by atoms with van der Waals surface area (Å²) in [7, 11) is 0. The predicted molar refractivity (Wildman–Crippen MR) is 132 cm³/mol. The van der Waals surface area contributed by atoms with Crippen molar-refractivity contribution < 1.29 is 27.9 Å². The van der Waals surface area contributed by atoms with Crippen LogP contribution in [0.3, 0.4) is 0 Å². The Morgan fingerprint density at radius 3 is 2.57 bits per heavy atom. The van der Waals surface area contributed by atoms with Gasteiger partial charge in [-0.2, -0.15) is 0 Å². The van der Waals surface area contributed by atoms with Gasteiger partial charge in [0.2, 0.25) is 5.91 Å². The molecule has 7 N–H and O–H groups in total. The number of carbonyl (C=O) groups is 2. The zero-order chi connectivity index (χ0) is 26.8. The van der Waals surface area contributed by atoms with Gasteiger partial charge < -0.3 is 40.8 Å². The van der Waals surface area contributed by atoms with E-state index in [0.717, 1.165) is 12.8 Å². The SMILES string of the molecule is Cc1oc(=O)oc1COC(=O)Oc1ccccc1/N=N/c1ccc(NC(=O)[C@@H](N)CCCCN)nc1N. The maximum absolute atomic E-state index is 12.2. The van der Waals surface area contributed by atoms with E-state index in [2.05, 4.69) is 20.5 Å². The topological polar surface area (TPSA) is 224 Å². The highest BCUT2D eigenvalue weighted by Crippen LogP contribution is 2.31. The van der Waals surface area contributed by atoms with Crippen molar-refractivity contribution in [1.82, 2.24) is 4.98 Å². The normalized spacial score (nSPS) is 11.9. The standard InChI is InChI=1S/C23H27N7O7/c1-13-18(37-23(33)35-13)12-34-22(32)36-17-8-3-2-7-15(17)29-30-16-9-10-19(27-20(16)26)28-21(31)14(25)6-4-5-11-24/h2-3,7-10,14H,4-6,11-12,24-25H2,1H3,(H3,26,27,28,31)/b30-29+/t14-/m0/s1. The van der Waals surface area contributed by atoms with Crippen molar-refractivity contribution in [3.8, 4) is 5.75 Å². The van der Waals surface area contributed by atoms with E-state index in [9.17, 15) is 14.4 Å². The van der Waals surface area contributed by atoms with Crippen molar-refractivity contribution in [3.05, 3.63) is 58.5 Å². The number of aryl methyl sites for hydroxylation is 1. The number of ether oxygens (including phenoxy) is 2. The molecule has 1 atom stereocenters. The second-order valence-electron chi connectivity index (χ2n) is 7.72. The molecule has 14 nitrogen and oxygen atoms in total. The van der Waals surface area contributed by atoms with Crippen LogP contribution in [-0.2, 0) is 16.1 Å². The molecule has 2 aromatic heterocycles. The number of hydrogen-bond donors (Lipinski definition) is 4. The van der Waals surface area contributed by atoms with E-state index in [4.69, 9.17) is 35.5 Å². The van der Waals surface area contributed by atoms with Crippen molar-refractivity contribution in [3.63, 3.8) is 0 Å². The molecule has 0 radical (unpaired) electrons. The fourth-order valence-corrected chi connectivity index (χ4v) is 2.96. The van der Waals surface area contributed by atoms with Gasteiger partial charge in [-0.05, 0) is 50.6 Å². The zero-order valence-electron chi connectivity index (χ0n) is 20.0. The quantitative estimate of drug-likeness (QED) is 0.126. The average molecular weight is 514 g/mol. The number of nitrogens with two attached hydrogens (primary N) is 3. The molecule has 0 aliphatic heterocycles. The minimum Gasteiger partial charge on any atom is -0.426 e. The van der Waals surface area contributed by atoms with Gasteiger partial charge in [0, 0.05) is 0 Å². The number of amides is 1. The minimum absolute atomic E-state index is 0.00744. The van der Waals surface area contributed by atoms with E-state index in [1.165, 1.54) is 25.1 Å². The van der Waals surface area contributed by atoms with Crippen LogP contribution in [0, 0.1) is 6.92 Å². The molecule has 0 aliphatic carbocycles. The number of aromatic nitrogens is 1. The van der Waals surface area contributed by atoms with Gasteiger partial charge in [0.25, 0.3) is 0 Å². The van der Waals surface area contributed by atoms with E-state index < -0.39 is 18.0 Å². The number of nitrogens with one attached hydrogen (secondary N) is 1. The Kier molecular flexibility index (Phi) is 9.46. The average Bonchev–Trinajstić information content (AvgIpc) is 3.19. The first-order chi connectivity index (χ1) is 17.8. The summed E-state index contributed by atoms with van der Waals surface area (Å²) in [5, 5.41) is 10.7. The second-order valence-corrected chi connectivity index (χ2v) is 7.72. The molecule has 0 bridgehead atoms.